The predicted molar refractivity (Wildman–Crippen MR) is 120 cm³/mol. The lowest BCUT2D eigenvalue weighted by molar-refractivity contribution is -0.0683. The van der Waals surface area contributed by atoms with Crippen LogP contribution < -0.4 is 4.74 Å². The number of aliphatic hydroxyl groups is 2. The maximum atomic E-state index is 10.9. The van der Waals surface area contributed by atoms with Crippen molar-refractivity contribution in [3.05, 3.63) is 59.7 Å². The molecule has 0 spiro atoms. The summed E-state index contributed by atoms with van der Waals surface area (Å²) in [5.74, 6) is 0.988. The lowest BCUT2D eigenvalue weighted by Gasteiger charge is -2.37. The minimum Gasteiger partial charge on any atom is -0.508 e. The molecule has 0 bridgehead atoms. The molecule has 0 aromatic heterocycles. The van der Waals surface area contributed by atoms with Crippen LogP contribution in [0.1, 0.15) is 81.8 Å². The summed E-state index contributed by atoms with van der Waals surface area (Å²) in [5.41, 5.74) is 1.62. The topological polar surface area (TPSA) is 69.9 Å². The van der Waals surface area contributed by atoms with Gasteiger partial charge in [0.05, 0.1) is 0 Å². The Kier molecular flexibility index (Phi) is 8.59. The third-order valence-electron chi connectivity index (χ3n) is 6.42. The van der Waals surface area contributed by atoms with E-state index in [0.29, 0.717) is 11.5 Å². The molecule has 1 fully saturated rings. The van der Waals surface area contributed by atoms with Gasteiger partial charge in [-0.05, 0) is 25.0 Å². The van der Waals surface area contributed by atoms with Crippen molar-refractivity contribution in [1.82, 2.24) is 0 Å². The number of para-hydroxylation sites is 2. The molecule has 2 aromatic rings. The number of phenols is 1. The quantitative estimate of drug-likeness (QED) is 0.553. The number of phenolic OH excluding ortho intramolecular Hbond substituents is 1. The summed E-state index contributed by atoms with van der Waals surface area (Å²) in [6.45, 7) is -0.173. The molecule has 0 heterocycles. The van der Waals surface area contributed by atoms with Crippen LogP contribution in [-0.4, -0.2) is 28.2 Å². The first-order valence-electron chi connectivity index (χ1n) is 11.5. The normalized spacial score (nSPS) is 18.4. The molecule has 3 N–H and O–H groups in total. The summed E-state index contributed by atoms with van der Waals surface area (Å²) in [6, 6.07) is 15.6. The number of ether oxygens (including phenoxy) is 1. The van der Waals surface area contributed by atoms with Crippen LogP contribution in [0.5, 0.6) is 11.5 Å². The Labute approximate surface area is 180 Å². The average molecular weight is 413 g/mol. The number of rotatable bonds is 5. The Balaban J connectivity index is 2.06. The molecule has 1 saturated carbocycles. The molecule has 0 aliphatic heterocycles. The zero-order valence-corrected chi connectivity index (χ0v) is 17.9. The molecule has 4 nitrogen and oxygen atoms in total. The van der Waals surface area contributed by atoms with Crippen molar-refractivity contribution in [2.24, 2.45) is 0 Å². The summed E-state index contributed by atoms with van der Waals surface area (Å²) < 4.78 is 5.83. The number of benzene rings is 2. The molecule has 1 aliphatic carbocycles. The molecule has 0 saturated heterocycles. The van der Waals surface area contributed by atoms with E-state index in [9.17, 15) is 15.3 Å². The largest absolute Gasteiger partial charge is 0.508 e. The van der Waals surface area contributed by atoms with Crippen LogP contribution in [0, 0.1) is 0 Å². The molecule has 164 valence electrons. The highest BCUT2D eigenvalue weighted by atomic mass is 16.5. The summed E-state index contributed by atoms with van der Waals surface area (Å²) in [7, 11) is 0. The molecule has 1 aliphatic rings. The van der Waals surface area contributed by atoms with Gasteiger partial charge in [0.25, 0.3) is 0 Å². The molecule has 0 amide bonds. The molecular formula is C26H36O4. The van der Waals surface area contributed by atoms with Crippen LogP contribution in [0.4, 0.5) is 0 Å². The van der Waals surface area contributed by atoms with Gasteiger partial charge in [-0.2, -0.15) is 0 Å². The summed E-state index contributed by atoms with van der Waals surface area (Å²) in [4.78, 5) is 0. The SMILES string of the molecule is Oc1ccccc1C1(c2ccccc2OCC(O)O)CCCCCCCCCCC1. The van der Waals surface area contributed by atoms with Crippen molar-refractivity contribution >= 4 is 0 Å². The lowest BCUT2D eigenvalue weighted by atomic mass is 9.67. The molecule has 3 rings (SSSR count). The zero-order valence-electron chi connectivity index (χ0n) is 17.9. The van der Waals surface area contributed by atoms with Crippen molar-refractivity contribution in [3.63, 3.8) is 0 Å². The van der Waals surface area contributed by atoms with E-state index in [4.69, 9.17) is 4.74 Å². The Bertz CT molecular complexity index is 759. The third kappa shape index (κ3) is 5.77. The van der Waals surface area contributed by atoms with E-state index in [1.54, 1.807) is 6.07 Å². The fourth-order valence-corrected chi connectivity index (χ4v) is 4.93. The highest BCUT2D eigenvalue weighted by Gasteiger charge is 2.37. The standard InChI is InChI=1S/C26H36O4/c27-23-16-10-8-14-21(23)26(18-12-6-4-2-1-3-5-7-13-19-26)22-15-9-11-17-24(22)30-20-25(28)29/h8-11,14-17,25,27-29H,1-7,12-13,18-20H2. The van der Waals surface area contributed by atoms with Gasteiger partial charge >= 0.3 is 0 Å². The predicted octanol–water partition coefficient (Wildman–Crippen LogP) is 5.67. The summed E-state index contributed by atoms with van der Waals surface area (Å²) in [6.07, 6.45) is 11.4. The second-order valence-electron chi connectivity index (χ2n) is 8.57. The first-order valence-corrected chi connectivity index (χ1v) is 11.5. The summed E-state index contributed by atoms with van der Waals surface area (Å²) in [5, 5.41) is 29.5. The van der Waals surface area contributed by atoms with Crippen molar-refractivity contribution in [3.8, 4) is 11.5 Å². The van der Waals surface area contributed by atoms with E-state index in [1.807, 2.05) is 36.4 Å². The van der Waals surface area contributed by atoms with Gasteiger partial charge in [0, 0.05) is 16.5 Å². The maximum Gasteiger partial charge on any atom is 0.186 e. The maximum absolute atomic E-state index is 10.9. The van der Waals surface area contributed by atoms with Gasteiger partial charge in [0.2, 0.25) is 0 Å². The van der Waals surface area contributed by atoms with Gasteiger partial charge < -0.3 is 20.1 Å². The average Bonchev–Trinajstić information content (AvgIpc) is 2.74. The van der Waals surface area contributed by atoms with Crippen LogP contribution in [0.15, 0.2) is 48.5 Å². The molecule has 4 heteroatoms. The van der Waals surface area contributed by atoms with Crippen LogP contribution in [0.25, 0.3) is 0 Å². The Morgan fingerprint density at radius 2 is 1.20 bits per heavy atom. The Hall–Kier alpha value is -2.04. The third-order valence-corrected chi connectivity index (χ3v) is 6.42. The fraction of sp³-hybridized carbons (Fsp3) is 0.538. The lowest BCUT2D eigenvalue weighted by Crippen LogP contribution is -2.30. The van der Waals surface area contributed by atoms with Gasteiger partial charge in [-0.3, -0.25) is 0 Å². The molecule has 2 aromatic carbocycles. The number of aromatic hydroxyl groups is 1. The van der Waals surface area contributed by atoms with E-state index in [0.717, 1.165) is 36.8 Å². The van der Waals surface area contributed by atoms with Crippen LogP contribution >= 0.6 is 0 Å². The van der Waals surface area contributed by atoms with Gasteiger partial charge in [-0.25, -0.2) is 0 Å². The van der Waals surface area contributed by atoms with Crippen molar-refractivity contribution in [2.45, 2.75) is 82.3 Å². The first-order chi connectivity index (χ1) is 14.6. The highest BCUT2D eigenvalue weighted by molar-refractivity contribution is 5.51. The Morgan fingerprint density at radius 3 is 1.77 bits per heavy atom. The van der Waals surface area contributed by atoms with Crippen LogP contribution in [-0.2, 0) is 5.41 Å². The van der Waals surface area contributed by atoms with Crippen molar-refractivity contribution in [2.75, 3.05) is 6.61 Å². The number of hydrogen-bond donors (Lipinski definition) is 3. The minimum atomic E-state index is -1.52. The molecular weight excluding hydrogens is 376 g/mol. The Morgan fingerprint density at radius 1 is 0.700 bits per heavy atom. The fourth-order valence-electron chi connectivity index (χ4n) is 4.93. The zero-order chi connectivity index (χ0) is 21.2. The summed E-state index contributed by atoms with van der Waals surface area (Å²) >= 11 is 0. The van der Waals surface area contributed by atoms with E-state index in [2.05, 4.69) is 6.07 Å². The minimum absolute atomic E-state index is 0.173. The van der Waals surface area contributed by atoms with Crippen LogP contribution in [0.2, 0.25) is 0 Å². The van der Waals surface area contributed by atoms with Gasteiger partial charge in [-0.15, -0.1) is 0 Å². The molecule has 0 unspecified atom stereocenters. The molecule has 0 radical (unpaired) electrons. The second kappa shape index (κ2) is 11.4. The number of aliphatic hydroxyl groups excluding tert-OH is 1. The molecule has 30 heavy (non-hydrogen) atoms. The van der Waals surface area contributed by atoms with E-state index in [1.165, 1.54) is 44.9 Å². The first kappa shape index (κ1) is 22.6. The van der Waals surface area contributed by atoms with Gasteiger partial charge in [0.15, 0.2) is 6.29 Å². The van der Waals surface area contributed by atoms with Crippen molar-refractivity contribution < 1.29 is 20.1 Å². The van der Waals surface area contributed by atoms with Gasteiger partial charge in [0.1, 0.15) is 18.1 Å². The van der Waals surface area contributed by atoms with E-state index >= 15 is 0 Å². The highest BCUT2D eigenvalue weighted by Crippen LogP contribution is 2.48. The monoisotopic (exact) mass is 412 g/mol. The number of hydrogen-bond acceptors (Lipinski definition) is 4. The second-order valence-corrected chi connectivity index (χ2v) is 8.57. The van der Waals surface area contributed by atoms with E-state index in [-0.39, 0.29) is 12.0 Å². The van der Waals surface area contributed by atoms with Gasteiger partial charge in [-0.1, -0.05) is 94.2 Å². The van der Waals surface area contributed by atoms with Crippen LogP contribution in [0.3, 0.4) is 0 Å². The molecule has 0 atom stereocenters. The smallest absolute Gasteiger partial charge is 0.186 e. The van der Waals surface area contributed by atoms with Crippen molar-refractivity contribution in [1.29, 1.82) is 0 Å². The van der Waals surface area contributed by atoms with E-state index < -0.39 is 6.29 Å².